The van der Waals surface area contributed by atoms with Crippen LogP contribution in [0.5, 0.6) is 0 Å². The third kappa shape index (κ3) is 2.02. The first-order chi connectivity index (χ1) is 13.3. The molecule has 27 heavy (non-hydrogen) atoms. The number of anilines is 2. The van der Waals surface area contributed by atoms with E-state index in [9.17, 15) is 0 Å². The van der Waals surface area contributed by atoms with Crippen molar-refractivity contribution < 1.29 is 0 Å². The molecule has 1 unspecified atom stereocenters. The zero-order valence-electron chi connectivity index (χ0n) is 15.0. The van der Waals surface area contributed by atoms with Gasteiger partial charge in [-0.15, -0.1) is 0 Å². The predicted molar refractivity (Wildman–Crippen MR) is 114 cm³/mol. The van der Waals surface area contributed by atoms with Crippen LogP contribution in [-0.4, -0.2) is 4.98 Å². The van der Waals surface area contributed by atoms with Crippen LogP contribution >= 0.6 is 0 Å². The summed E-state index contributed by atoms with van der Waals surface area (Å²) < 4.78 is 0. The van der Waals surface area contributed by atoms with Gasteiger partial charge in [0, 0.05) is 33.4 Å². The Balaban J connectivity index is 1.61. The third-order valence-corrected chi connectivity index (χ3v) is 5.69. The fraction of sp³-hybridized carbons (Fsp3) is 0.0833. The van der Waals surface area contributed by atoms with Gasteiger partial charge in [0.05, 0.1) is 11.4 Å². The van der Waals surface area contributed by atoms with Crippen LogP contribution in [0.2, 0.25) is 0 Å². The number of fused-ring (bicyclic) bond motifs is 7. The number of para-hydroxylation sites is 1. The largest absolute Gasteiger partial charge is 0.361 e. The topological polar surface area (TPSA) is 39.9 Å². The summed E-state index contributed by atoms with van der Waals surface area (Å²) in [6, 6.07) is 23.8. The highest BCUT2D eigenvalue weighted by atomic mass is 15.2. The smallest absolute Gasteiger partial charge is 0.125 e. The molecule has 0 saturated heterocycles. The van der Waals surface area contributed by atoms with Crippen molar-refractivity contribution >= 4 is 43.8 Å². The van der Waals surface area contributed by atoms with Crippen LogP contribution in [0.3, 0.4) is 0 Å². The lowest BCUT2D eigenvalue weighted by molar-refractivity contribution is 0.953. The van der Waals surface area contributed by atoms with Crippen LogP contribution in [0.15, 0.2) is 72.9 Å². The van der Waals surface area contributed by atoms with Gasteiger partial charge in [-0.1, -0.05) is 66.2 Å². The zero-order valence-corrected chi connectivity index (χ0v) is 15.0. The van der Waals surface area contributed by atoms with Crippen molar-refractivity contribution in [2.24, 2.45) is 0 Å². The van der Waals surface area contributed by atoms with E-state index < -0.39 is 0 Å². The predicted octanol–water partition coefficient (Wildman–Crippen LogP) is 6.32. The third-order valence-electron chi connectivity index (χ3n) is 5.69. The van der Waals surface area contributed by atoms with Gasteiger partial charge >= 0.3 is 0 Å². The average molecular weight is 349 g/mol. The van der Waals surface area contributed by atoms with Gasteiger partial charge in [-0.2, -0.15) is 0 Å². The SMILES string of the molecule is Cc1ccc2c3c(c4ccccc4c2c1)NC(c1c[nH]c2ccccc12)N3. The quantitative estimate of drug-likeness (QED) is 0.310. The Morgan fingerprint density at radius 1 is 0.667 bits per heavy atom. The summed E-state index contributed by atoms with van der Waals surface area (Å²) in [5.74, 6) is 0. The first kappa shape index (κ1) is 14.7. The monoisotopic (exact) mass is 349 g/mol. The molecule has 3 heteroatoms. The Hall–Kier alpha value is -3.46. The fourth-order valence-corrected chi connectivity index (χ4v) is 4.42. The second-order valence-electron chi connectivity index (χ2n) is 7.36. The normalized spacial score (nSPS) is 15.8. The minimum Gasteiger partial charge on any atom is -0.361 e. The van der Waals surface area contributed by atoms with Crippen molar-refractivity contribution in [2.75, 3.05) is 10.6 Å². The summed E-state index contributed by atoms with van der Waals surface area (Å²) in [4.78, 5) is 3.39. The molecule has 6 rings (SSSR count). The molecule has 0 saturated carbocycles. The van der Waals surface area contributed by atoms with Crippen LogP contribution in [-0.2, 0) is 0 Å². The van der Waals surface area contributed by atoms with Crippen LogP contribution < -0.4 is 10.6 Å². The van der Waals surface area contributed by atoms with Gasteiger partial charge < -0.3 is 15.6 Å². The molecule has 0 spiro atoms. The van der Waals surface area contributed by atoms with E-state index >= 15 is 0 Å². The second kappa shape index (κ2) is 5.27. The van der Waals surface area contributed by atoms with Crippen molar-refractivity contribution in [3.63, 3.8) is 0 Å². The molecule has 3 N–H and O–H groups in total. The van der Waals surface area contributed by atoms with E-state index in [2.05, 4.69) is 95.5 Å². The molecule has 0 radical (unpaired) electrons. The van der Waals surface area contributed by atoms with Gasteiger partial charge in [0.15, 0.2) is 0 Å². The number of aryl methyl sites for hydroxylation is 1. The Kier molecular flexibility index (Phi) is 2.87. The van der Waals surface area contributed by atoms with E-state index in [1.54, 1.807) is 0 Å². The van der Waals surface area contributed by atoms with Gasteiger partial charge in [-0.25, -0.2) is 0 Å². The number of aromatic amines is 1. The van der Waals surface area contributed by atoms with E-state index in [-0.39, 0.29) is 6.17 Å². The lowest BCUT2D eigenvalue weighted by atomic mass is 9.97. The van der Waals surface area contributed by atoms with Gasteiger partial charge in [0.2, 0.25) is 0 Å². The maximum absolute atomic E-state index is 3.75. The minimum atomic E-state index is 0.0476. The van der Waals surface area contributed by atoms with Crippen LogP contribution in [0.4, 0.5) is 11.4 Å². The molecule has 1 aliphatic rings. The second-order valence-corrected chi connectivity index (χ2v) is 7.36. The molecule has 130 valence electrons. The van der Waals surface area contributed by atoms with Crippen molar-refractivity contribution in [3.05, 3.63) is 84.1 Å². The average Bonchev–Trinajstić information content (AvgIpc) is 3.32. The summed E-state index contributed by atoms with van der Waals surface area (Å²) in [7, 11) is 0. The van der Waals surface area contributed by atoms with E-state index in [0.717, 1.165) is 5.52 Å². The number of rotatable bonds is 1. The zero-order chi connectivity index (χ0) is 18.0. The number of nitrogens with one attached hydrogen (secondary N) is 3. The molecule has 0 aliphatic carbocycles. The molecule has 2 heterocycles. The number of H-pyrrole nitrogens is 1. The van der Waals surface area contributed by atoms with Crippen LogP contribution in [0, 0.1) is 6.92 Å². The van der Waals surface area contributed by atoms with Crippen LogP contribution in [0.1, 0.15) is 17.3 Å². The molecular weight excluding hydrogens is 330 g/mol. The van der Waals surface area contributed by atoms with Gasteiger partial charge in [-0.3, -0.25) is 0 Å². The number of hydrogen-bond acceptors (Lipinski definition) is 2. The van der Waals surface area contributed by atoms with Crippen molar-refractivity contribution in [3.8, 4) is 0 Å². The van der Waals surface area contributed by atoms with E-state index in [1.165, 1.54) is 49.4 Å². The molecule has 1 aromatic heterocycles. The van der Waals surface area contributed by atoms with E-state index in [1.807, 2.05) is 0 Å². The van der Waals surface area contributed by atoms with Crippen molar-refractivity contribution in [2.45, 2.75) is 13.1 Å². The molecule has 4 aromatic carbocycles. The minimum absolute atomic E-state index is 0.0476. The molecule has 1 atom stereocenters. The van der Waals surface area contributed by atoms with Crippen molar-refractivity contribution in [1.82, 2.24) is 4.98 Å². The van der Waals surface area contributed by atoms with Crippen molar-refractivity contribution in [1.29, 1.82) is 0 Å². The van der Waals surface area contributed by atoms with Gasteiger partial charge in [0.25, 0.3) is 0 Å². The Bertz CT molecular complexity index is 1350. The van der Waals surface area contributed by atoms with E-state index in [4.69, 9.17) is 0 Å². The lowest BCUT2D eigenvalue weighted by Gasteiger charge is -2.11. The molecular formula is C24H19N3. The summed E-state index contributed by atoms with van der Waals surface area (Å²) in [5.41, 5.74) is 6.08. The summed E-state index contributed by atoms with van der Waals surface area (Å²) in [6.07, 6.45) is 2.15. The highest BCUT2D eigenvalue weighted by Crippen LogP contribution is 2.47. The Morgan fingerprint density at radius 2 is 1.33 bits per heavy atom. The number of hydrogen-bond donors (Lipinski definition) is 3. The molecule has 5 aromatic rings. The van der Waals surface area contributed by atoms with E-state index in [0.29, 0.717) is 0 Å². The highest BCUT2D eigenvalue weighted by molar-refractivity contribution is 6.21. The molecule has 0 bridgehead atoms. The summed E-state index contributed by atoms with van der Waals surface area (Å²) in [6.45, 7) is 2.15. The number of aromatic nitrogens is 1. The van der Waals surface area contributed by atoms with Gasteiger partial charge in [-0.05, 0) is 23.8 Å². The molecule has 0 fully saturated rings. The maximum atomic E-state index is 3.75. The first-order valence-electron chi connectivity index (χ1n) is 9.34. The molecule has 3 nitrogen and oxygen atoms in total. The fourth-order valence-electron chi connectivity index (χ4n) is 4.42. The molecule has 0 amide bonds. The lowest BCUT2D eigenvalue weighted by Crippen LogP contribution is -2.11. The summed E-state index contributed by atoms with van der Waals surface area (Å²) in [5, 5.41) is 13.9. The standard InChI is InChI=1S/C24H19N3/c1-14-10-11-18-19(12-14)15-6-2-3-8-17(15)22-23(18)27-24(26-22)20-13-25-21-9-5-4-7-16(20)21/h2-13,24-27H,1H3. The van der Waals surface area contributed by atoms with Gasteiger partial charge in [0.1, 0.15) is 6.17 Å². The maximum Gasteiger partial charge on any atom is 0.125 e. The number of benzene rings is 4. The first-order valence-corrected chi connectivity index (χ1v) is 9.34. The molecule has 1 aliphatic heterocycles. The van der Waals surface area contributed by atoms with Crippen LogP contribution in [0.25, 0.3) is 32.4 Å². The highest BCUT2D eigenvalue weighted by Gasteiger charge is 2.27. The Labute approximate surface area is 157 Å². The Morgan fingerprint density at radius 3 is 2.15 bits per heavy atom. The summed E-state index contributed by atoms with van der Waals surface area (Å²) >= 11 is 0.